The molecule has 39 heavy (non-hydrogen) atoms. The molecular weight excluding hydrogens is 514 g/mol. The standard InChI is InChI=1S/C32H42ClNO5/c1-20(2)39-29-19-27-22(17-28(29)37-4)18-30(35)34(31(27)21-5-9-25(33)10-6-21)26-11-7-23(8-12-26)32(3,36)24-13-15-38-16-14-24/h5-6,9-10,17,19-20,23-24,26,31,36H,7-8,11-16,18H2,1-4H3/t23?,26?,31-,32-/m0/s1. The molecule has 2 aromatic rings. The van der Waals surface area contributed by atoms with Crippen LogP contribution in [0, 0.1) is 11.8 Å². The molecular formula is C32H42ClNO5. The number of halogens is 1. The van der Waals surface area contributed by atoms with Gasteiger partial charge in [0.2, 0.25) is 5.91 Å². The lowest BCUT2D eigenvalue weighted by Gasteiger charge is -2.48. The third kappa shape index (κ3) is 5.79. The van der Waals surface area contributed by atoms with Gasteiger partial charge < -0.3 is 24.2 Å². The van der Waals surface area contributed by atoms with Gasteiger partial charge in [-0.15, -0.1) is 0 Å². The van der Waals surface area contributed by atoms with Crippen LogP contribution >= 0.6 is 11.6 Å². The van der Waals surface area contributed by atoms with E-state index >= 15 is 0 Å². The fraction of sp³-hybridized carbons (Fsp3) is 0.594. The number of fused-ring (bicyclic) bond motifs is 1. The summed E-state index contributed by atoms with van der Waals surface area (Å²) in [5, 5.41) is 12.2. The lowest BCUT2D eigenvalue weighted by atomic mass is 9.68. The number of benzene rings is 2. The average Bonchev–Trinajstić information content (AvgIpc) is 2.93. The zero-order valence-electron chi connectivity index (χ0n) is 23.6. The first-order chi connectivity index (χ1) is 18.7. The molecule has 0 spiro atoms. The number of nitrogens with zero attached hydrogens (tertiary/aromatic N) is 1. The van der Waals surface area contributed by atoms with Gasteiger partial charge >= 0.3 is 0 Å². The van der Waals surface area contributed by atoms with Gasteiger partial charge in [0.15, 0.2) is 11.5 Å². The molecule has 0 aromatic heterocycles. The molecule has 1 saturated heterocycles. The van der Waals surface area contributed by atoms with E-state index < -0.39 is 5.60 Å². The number of ether oxygens (including phenoxy) is 3. The Morgan fingerprint density at radius 1 is 1.00 bits per heavy atom. The van der Waals surface area contributed by atoms with Crippen molar-refractivity contribution in [2.24, 2.45) is 11.8 Å². The molecule has 1 N–H and O–H groups in total. The molecule has 3 aliphatic rings. The van der Waals surface area contributed by atoms with E-state index in [1.807, 2.05) is 51.1 Å². The lowest BCUT2D eigenvalue weighted by Crippen LogP contribution is -2.51. The van der Waals surface area contributed by atoms with Crippen molar-refractivity contribution < 1.29 is 24.1 Å². The summed E-state index contributed by atoms with van der Waals surface area (Å²) in [7, 11) is 1.64. The Hall–Kier alpha value is -2.28. The molecule has 0 radical (unpaired) electrons. The first-order valence-electron chi connectivity index (χ1n) is 14.4. The number of amides is 1. The van der Waals surface area contributed by atoms with Crippen molar-refractivity contribution in [3.63, 3.8) is 0 Å². The summed E-state index contributed by atoms with van der Waals surface area (Å²) in [6, 6.07) is 11.7. The minimum atomic E-state index is -0.706. The maximum atomic E-state index is 13.9. The van der Waals surface area contributed by atoms with Crippen LogP contribution in [-0.4, -0.2) is 54.0 Å². The summed E-state index contributed by atoms with van der Waals surface area (Å²) in [6.07, 6.45) is 5.71. The van der Waals surface area contributed by atoms with Gasteiger partial charge in [0.1, 0.15) is 0 Å². The Labute approximate surface area is 237 Å². The predicted octanol–water partition coefficient (Wildman–Crippen LogP) is 6.35. The summed E-state index contributed by atoms with van der Waals surface area (Å²) < 4.78 is 17.3. The summed E-state index contributed by atoms with van der Waals surface area (Å²) in [6.45, 7) is 7.48. The minimum Gasteiger partial charge on any atom is -0.493 e. The van der Waals surface area contributed by atoms with Gasteiger partial charge in [-0.05, 0) is 112 Å². The van der Waals surface area contributed by atoms with Gasteiger partial charge in [-0.2, -0.15) is 0 Å². The molecule has 1 saturated carbocycles. The van der Waals surface area contributed by atoms with Crippen LogP contribution in [0.15, 0.2) is 36.4 Å². The van der Waals surface area contributed by atoms with E-state index in [1.54, 1.807) is 7.11 Å². The molecule has 5 rings (SSSR count). The van der Waals surface area contributed by atoms with E-state index in [0.717, 1.165) is 68.4 Å². The zero-order valence-corrected chi connectivity index (χ0v) is 24.4. The normalized spacial score (nSPS) is 25.8. The number of aliphatic hydroxyl groups is 1. The van der Waals surface area contributed by atoms with E-state index in [2.05, 4.69) is 11.0 Å². The van der Waals surface area contributed by atoms with Crippen molar-refractivity contribution in [3.05, 3.63) is 58.1 Å². The fourth-order valence-electron chi connectivity index (χ4n) is 7.03. The third-order valence-corrected chi connectivity index (χ3v) is 9.39. The predicted molar refractivity (Wildman–Crippen MR) is 153 cm³/mol. The molecule has 0 unspecified atom stereocenters. The van der Waals surface area contributed by atoms with Crippen molar-refractivity contribution >= 4 is 17.5 Å². The maximum absolute atomic E-state index is 13.9. The molecule has 6 nitrogen and oxygen atoms in total. The highest BCUT2D eigenvalue weighted by Gasteiger charge is 2.45. The smallest absolute Gasteiger partial charge is 0.228 e. The summed E-state index contributed by atoms with van der Waals surface area (Å²) in [5.74, 6) is 1.97. The van der Waals surface area contributed by atoms with E-state index in [1.165, 1.54) is 0 Å². The Bertz CT molecular complexity index is 1150. The summed E-state index contributed by atoms with van der Waals surface area (Å²) >= 11 is 6.26. The van der Waals surface area contributed by atoms with Gasteiger partial charge in [-0.25, -0.2) is 0 Å². The maximum Gasteiger partial charge on any atom is 0.228 e. The highest BCUT2D eigenvalue weighted by atomic mass is 35.5. The molecule has 2 fully saturated rings. The van der Waals surface area contributed by atoms with Gasteiger partial charge in [-0.3, -0.25) is 4.79 Å². The first kappa shape index (κ1) is 28.3. The van der Waals surface area contributed by atoms with Crippen molar-refractivity contribution in [2.45, 2.75) is 89.5 Å². The van der Waals surface area contributed by atoms with E-state index in [9.17, 15) is 9.90 Å². The van der Waals surface area contributed by atoms with Crippen LogP contribution in [0.1, 0.15) is 82.0 Å². The Balaban J connectivity index is 1.46. The number of carbonyl (C=O) groups is 1. The molecule has 2 aromatic carbocycles. The second-order valence-electron chi connectivity index (χ2n) is 11.9. The third-order valence-electron chi connectivity index (χ3n) is 9.14. The van der Waals surface area contributed by atoms with Crippen molar-refractivity contribution in [3.8, 4) is 11.5 Å². The van der Waals surface area contributed by atoms with Gasteiger partial charge in [0.25, 0.3) is 0 Å². The van der Waals surface area contributed by atoms with Gasteiger partial charge in [-0.1, -0.05) is 23.7 Å². The van der Waals surface area contributed by atoms with Crippen LogP contribution in [-0.2, 0) is 16.0 Å². The second-order valence-corrected chi connectivity index (χ2v) is 12.4. The summed E-state index contributed by atoms with van der Waals surface area (Å²) in [5.41, 5.74) is 2.37. The number of hydrogen-bond acceptors (Lipinski definition) is 5. The molecule has 2 aliphatic heterocycles. The van der Waals surface area contributed by atoms with Gasteiger partial charge in [0, 0.05) is 24.3 Å². The topological polar surface area (TPSA) is 68.2 Å². The number of hydrogen-bond donors (Lipinski definition) is 1. The second kappa shape index (κ2) is 11.7. The monoisotopic (exact) mass is 555 g/mol. The van der Waals surface area contributed by atoms with Gasteiger partial charge in [0.05, 0.1) is 31.3 Å². The minimum absolute atomic E-state index is 0.00828. The molecule has 2 atom stereocenters. The van der Waals surface area contributed by atoms with Crippen LogP contribution in [0.3, 0.4) is 0 Å². The molecule has 1 amide bonds. The molecule has 2 heterocycles. The van der Waals surface area contributed by atoms with Crippen LogP contribution in [0.25, 0.3) is 0 Å². The summed E-state index contributed by atoms with van der Waals surface area (Å²) in [4.78, 5) is 16.0. The fourth-order valence-corrected chi connectivity index (χ4v) is 7.16. The Morgan fingerprint density at radius 3 is 2.26 bits per heavy atom. The SMILES string of the molecule is COc1cc2c(cc1OC(C)C)[C@H](c1ccc(Cl)cc1)N(C1CCC([C@](C)(O)C3CCOCC3)CC1)C(=O)C2. The first-order valence-corrected chi connectivity index (χ1v) is 14.8. The zero-order chi connectivity index (χ0) is 27.7. The van der Waals surface area contributed by atoms with E-state index in [-0.39, 0.29) is 35.9 Å². The average molecular weight is 556 g/mol. The number of rotatable bonds is 7. The van der Waals surface area contributed by atoms with E-state index in [0.29, 0.717) is 22.9 Å². The van der Waals surface area contributed by atoms with Crippen LogP contribution < -0.4 is 9.47 Å². The highest BCUT2D eigenvalue weighted by Crippen LogP contribution is 2.47. The number of methoxy groups -OCH3 is 1. The van der Waals surface area contributed by atoms with Crippen molar-refractivity contribution in [1.82, 2.24) is 4.90 Å². The van der Waals surface area contributed by atoms with Crippen molar-refractivity contribution in [2.75, 3.05) is 20.3 Å². The quantitative estimate of drug-likeness (QED) is 0.431. The molecule has 0 bridgehead atoms. The van der Waals surface area contributed by atoms with Crippen LogP contribution in [0.5, 0.6) is 11.5 Å². The Morgan fingerprint density at radius 2 is 1.64 bits per heavy atom. The Kier molecular flexibility index (Phi) is 8.46. The lowest BCUT2D eigenvalue weighted by molar-refractivity contribution is -0.139. The number of carbonyl (C=O) groups excluding carboxylic acids is 1. The van der Waals surface area contributed by atoms with Crippen LogP contribution in [0.2, 0.25) is 5.02 Å². The van der Waals surface area contributed by atoms with Crippen LogP contribution in [0.4, 0.5) is 0 Å². The molecule has 7 heteroatoms. The van der Waals surface area contributed by atoms with E-state index in [4.69, 9.17) is 25.8 Å². The van der Waals surface area contributed by atoms with Crippen molar-refractivity contribution in [1.29, 1.82) is 0 Å². The molecule has 212 valence electrons. The molecule has 1 aliphatic carbocycles. The largest absolute Gasteiger partial charge is 0.493 e. The highest BCUT2D eigenvalue weighted by molar-refractivity contribution is 6.30.